The first-order valence-electron chi connectivity index (χ1n) is 33.5. The summed E-state index contributed by atoms with van der Waals surface area (Å²) in [6.07, 6.45) is -1.65. The number of sulfonamides is 2. The lowest BCUT2D eigenvalue weighted by Gasteiger charge is -2.35. The molecule has 8 rings (SSSR count). The minimum atomic E-state index is -4.84. The van der Waals surface area contributed by atoms with Crippen molar-refractivity contribution in [3.63, 3.8) is 0 Å². The number of esters is 2. The number of rotatable bonds is 16. The van der Waals surface area contributed by atoms with Gasteiger partial charge in [-0.25, -0.2) is 44.6 Å². The molecule has 4 amide bonds. The van der Waals surface area contributed by atoms with Gasteiger partial charge >= 0.3 is 36.5 Å². The molecule has 0 unspecified atom stereocenters. The van der Waals surface area contributed by atoms with Gasteiger partial charge in [-0.3, -0.25) is 19.6 Å². The molecular weight excluding hydrogens is 1430 g/mol. The Morgan fingerprint density at radius 1 is 0.538 bits per heavy atom. The monoisotopic (exact) mass is 1530 g/mol. The molecule has 23 nitrogen and oxygen atoms in total. The lowest BCUT2D eigenvalue weighted by atomic mass is 9.88. The number of aryl methyl sites for hydroxylation is 4. The maximum Gasteiger partial charge on any atom is 0.423 e. The summed E-state index contributed by atoms with van der Waals surface area (Å²) in [7, 11) is -7.69. The number of hydrogen-bond acceptors (Lipinski definition) is 19. The number of terminal acetylenes is 2. The number of benzene rings is 4. The third-order valence-corrected chi connectivity index (χ3v) is 20.0. The number of aromatic hydroxyl groups is 1. The zero-order valence-electron chi connectivity index (χ0n) is 61.2. The van der Waals surface area contributed by atoms with Crippen LogP contribution in [0.4, 0.5) is 35.9 Å². The molecule has 0 aliphatic carbocycles. The molecule has 31 heteroatoms. The van der Waals surface area contributed by atoms with Gasteiger partial charge in [0.1, 0.15) is 56.7 Å². The number of amides is 4. The summed E-state index contributed by atoms with van der Waals surface area (Å²) >= 11 is 0. The Balaban J connectivity index is 0.000000355. The first-order valence-corrected chi connectivity index (χ1v) is 36.7. The maximum absolute atomic E-state index is 14.1. The number of aliphatic imine (C=N–C) groups is 2. The van der Waals surface area contributed by atoms with Crippen LogP contribution >= 0.6 is 0 Å². The predicted octanol–water partition coefficient (Wildman–Crippen LogP) is 12.5. The number of alkyl halides is 6. The van der Waals surface area contributed by atoms with Crippen molar-refractivity contribution in [3.05, 3.63) is 128 Å². The third kappa shape index (κ3) is 23.3. The minimum absolute atomic E-state index is 0. The highest BCUT2D eigenvalue weighted by Gasteiger charge is 2.56. The molecule has 4 aromatic carbocycles. The highest BCUT2D eigenvalue weighted by molar-refractivity contribution is 7.89. The van der Waals surface area contributed by atoms with E-state index in [0.29, 0.717) is 45.0 Å². The van der Waals surface area contributed by atoms with E-state index in [1.54, 1.807) is 133 Å². The van der Waals surface area contributed by atoms with Gasteiger partial charge in [-0.2, -0.15) is 36.1 Å². The Morgan fingerprint density at radius 2 is 0.896 bits per heavy atom. The fourth-order valence-corrected chi connectivity index (χ4v) is 14.2. The van der Waals surface area contributed by atoms with Crippen molar-refractivity contribution >= 4 is 67.7 Å². The van der Waals surface area contributed by atoms with Crippen LogP contribution in [0.1, 0.15) is 194 Å². The van der Waals surface area contributed by atoms with Crippen molar-refractivity contribution in [2.24, 2.45) is 9.98 Å². The van der Waals surface area contributed by atoms with Gasteiger partial charge in [0.25, 0.3) is 11.8 Å². The number of halogens is 6. The zero-order chi connectivity index (χ0) is 79.0. The number of carbonyl (C=O) groups excluding carboxylic acids is 6. The summed E-state index contributed by atoms with van der Waals surface area (Å²) in [6, 6.07) is 14.7. The molecule has 2 N–H and O–H groups in total. The van der Waals surface area contributed by atoms with Crippen LogP contribution < -0.4 is 4.74 Å². The van der Waals surface area contributed by atoms with E-state index in [4.69, 9.17) is 41.6 Å². The van der Waals surface area contributed by atoms with Gasteiger partial charge in [-0.15, -0.1) is 24.7 Å². The second kappa shape index (κ2) is 33.9. The van der Waals surface area contributed by atoms with Crippen molar-refractivity contribution in [2.75, 3.05) is 50.9 Å². The van der Waals surface area contributed by atoms with Crippen LogP contribution in [-0.2, 0) is 73.8 Å². The SMILES string of the molecule is C.C#CCCO.C#CCCOc1cc(C2=NC3(CCN(S(=O)(=O)CCc4ccc(C(=O)OC(C)(C)C)cc4C)CC3)C(=O)N2C(=O)OC(C)(C)C)cc(C(F)(F)F)c1.Cc1cc(C(=O)OC(C)(C)C)ccc1CCS(=O)(=O)N1CCC2(CC1)N=C(c1cc(O)cc(C(F)(F)F)c1)N(C(=O)OC(C)(C)C)C2=O. The highest BCUT2D eigenvalue weighted by Crippen LogP contribution is 2.42. The van der Waals surface area contributed by atoms with E-state index in [-0.39, 0.29) is 126 Å². The van der Waals surface area contributed by atoms with Crippen molar-refractivity contribution in [3.8, 4) is 36.2 Å². The largest absolute Gasteiger partial charge is 0.508 e. The number of hydrogen-bond donors (Lipinski definition) is 2. The van der Waals surface area contributed by atoms with Crippen molar-refractivity contribution in [1.82, 2.24) is 18.4 Å². The molecule has 4 aliphatic heterocycles. The average Bonchev–Trinajstić information content (AvgIpc) is 1.59. The zero-order valence-corrected chi connectivity index (χ0v) is 62.8. The molecule has 2 spiro atoms. The highest BCUT2D eigenvalue weighted by atomic mass is 32.2. The number of imide groups is 2. The van der Waals surface area contributed by atoms with Crippen molar-refractivity contribution < 1.29 is 106 Å². The topological polar surface area (TPSA) is 295 Å². The fourth-order valence-electron chi connectivity index (χ4n) is 11.3. The molecule has 580 valence electrons. The Kier molecular flexibility index (Phi) is 28.1. The van der Waals surface area contributed by atoms with Gasteiger partial charge in [-0.05, 0) is 218 Å². The smallest absolute Gasteiger partial charge is 0.423 e. The normalized spacial score (nSPS) is 16.4. The van der Waals surface area contributed by atoms with Crippen LogP contribution in [0.3, 0.4) is 0 Å². The summed E-state index contributed by atoms with van der Waals surface area (Å²) in [5.41, 5.74) is -6.05. The van der Waals surface area contributed by atoms with Crippen LogP contribution in [0.25, 0.3) is 0 Å². The van der Waals surface area contributed by atoms with E-state index in [2.05, 4.69) is 21.8 Å². The summed E-state index contributed by atoms with van der Waals surface area (Å²) in [5, 5.41) is 18.0. The number of ether oxygens (including phenoxy) is 5. The Bertz CT molecular complexity index is 4330. The Hall–Kier alpha value is -8.88. The number of carbonyl (C=O) groups is 6. The molecular formula is C75H94F6N6O17S2. The van der Waals surface area contributed by atoms with Gasteiger partial charge < -0.3 is 33.9 Å². The molecule has 0 atom stereocenters. The standard InChI is InChI=1S/C37H44F3N3O8S.C33H40F3N3O8S.C4H6O.CH4/c1-9-10-18-49-29-22-27(21-28(23-29)37(38,39)40)30-41-36(32(45)43(30)33(46)51-35(6,7)8)14-16-42(17-15-36)52(47,48)19-13-25-11-12-26(20-24(25)2)31(44)50-34(3,4)5;1-20-16-22(27(41)46-30(2,3)4)9-8-21(20)10-15-48(44,45)38-13-11-32(12-14-38)28(42)39(29(43)47-31(5,6)7)26(37-32)23-17-24(33(34,35)36)19-25(40)18-23;1-2-3-4-5;/h1,11-12,20-23H,10,13-19H2,2-8H3;8-9,16-19,40H,10-15H2,1-7H3;1,5H,3-4H2;1H4. The van der Waals surface area contributed by atoms with Gasteiger partial charge in [0.15, 0.2) is 0 Å². The number of nitrogens with zero attached hydrogens (tertiary/aromatic N) is 6. The molecule has 0 bridgehead atoms. The summed E-state index contributed by atoms with van der Waals surface area (Å²) in [6.45, 7) is 22.9. The van der Waals surface area contributed by atoms with E-state index in [1.165, 1.54) is 14.7 Å². The fraction of sp³-hybridized carbons (Fsp3) is 0.520. The second-order valence-corrected chi connectivity index (χ2v) is 33.6. The van der Waals surface area contributed by atoms with E-state index >= 15 is 0 Å². The molecule has 4 heterocycles. The maximum atomic E-state index is 14.1. The number of aliphatic hydroxyl groups is 1. The molecule has 106 heavy (non-hydrogen) atoms. The molecule has 4 aromatic rings. The van der Waals surface area contributed by atoms with Gasteiger partial charge in [0.05, 0.1) is 47.0 Å². The molecule has 4 aliphatic rings. The number of amidine groups is 2. The quantitative estimate of drug-likeness (QED) is 0.0346. The van der Waals surface area contributed by atoms with Crippen LogP contribution in [0.5, 0.6) is 11.5 Å². The van der Waals surface area contributed by atoms with E-state index in [0.717, 1.165) is 34.9 Å². The molecule has 0 radical (unpaired) electrons. The first kappa shape index (κ1) is 87.8. The Labute approximate surface area is 616 Å². The molecule has 0 aromatic heterocycles. The second-order valence-electron chi connectivity index (χ2n) is 29.4. The van der Waals surface area contributed by atoms with Crippen LogP contribution in [0, 0.1) is 38.5 Å². The third-order valence-electron chi connectivity index (χ3n) is 16.3. The lowest BCUT2D eigenvalue weighted by Crippen LogP contribution is -2.53. The van der Waals surface area contributed by atoms with Crippen molar-refractivity contribution in [2.45, 2.75) is 202 Å². The minimum Gasteiger partial charge on any atom is -0.508 e. The number of piperidine rings is 2. The average molecular weight is 1530 g/mol. The van der Waals surface area contributed by atoms with Gasteiger partial charge in [0, 0.05) is 50.1 Å². The van der Waals surface area contributed by atoms with Crippen LogP contribution in [0.2, 0.25) is 0 Å². The predicted molar refractivity (Wildman–Crippen MR) is 385 cm³/mol. The summed E-state index contributed by atoms with van der Waals surface area (Å²) < 4.78 is 166. The summed E-state index contributed by atoms with van der Waals surface area (Å²) in [5.74, 6) is -0.338. The van der Waals surface area contributed by atoms with E-state index in [1.807, 2.05) is 0 Å². The molecule has 2 saturated heterocycles. The lowest BCUT2D eigenvalue weighted by molar-refractivity contribution is -0.138. The van der Waals surface area contributed by atoms with Gasteiger partial charge in [-0.1, -0.05) is 19.6 Å². The first-order chi connectivity index (χ1) is 48.3. The molecule has 0 saturated carbocycles. The Morgan fingerprint density at radius 3 is 1.22 bits per heavy atom. The van der Waals surface area contributed by atoms with Crippen LogP contribution in [0.15, 0.2) is 82.8 Å². The van der Waals surface area contributed by atoms with Crippen LogP contribution in [-0.4, -0.2) is 177 Å². The number of phenols is 1. The van der Waals surface area contributed by atoms with Crippen molar-refractivity contribution in [1.29, 1.82) is 0 Å². The van der Waals surface area contributed by atoms with E-state index in [9.17, 15) is 77.1 Å². The summed E-state index contributed by atoms with van der Waals surface area (Å²) in [4.78, 5) is 89.7. The van der Waals surface area contributed by atoms with E-state index < -0.39 is 125 Å². The number of aliphatic hydroxyl groups excluding tert-OH is 1. The number of phenolic OH excluding ortho intramolecular Hbond substituents is 1. The molecule has 2 fully saturated rings. The van der Waals surface area contributed by atoms with Gasteiger partial charge in [0.2, 0.25) is 20.0 Å².